The van der Waals surface area contributed by atoms with Crippen molar-refractivity contribution in [3.8, 4) is 0 Å². The van der Waals surface area contributed by atoms with Gasteiger partial charge in [-0.15, -0.1) is 0 Å². The third-order valence-corrected chi connectivity index (χ3v) is 2.25. The van der Waals surface area contributed by atoms with Crippen LogP contribution in [0.2, 0.25) is 5.02 Å². The van der Waals surface area contributed by atoms with Crippen molar-refractivity contribution < 1.29 is 4.79 Å². The maximum atomic E-state index is 10.4. The Balaban J connectivity index is 2.18. The van der Waals surface area contributed by atoms with Crippen molar-refractivity contribution in [2.24, 2.45) is 0 Å². The van der Waals surface area contributed by atoms with Gasteiger partial charge < -0.3 is 0 Å². The highest BCUT2D eigenvalue weighted by Gasteiger charge is 1.99. The van der Waals surface area contributed by atoms with Gasteiger partial charge in [0.1, 0.15) is 5.69 Å². The summed E-state index contributed by atoms with van der Waals surface area (Å²) in [5, 5.41) is 4.76. The SMILES string of the molecule is O=Cc1ccn(Cc2cccc(Cl)c2)n1. The number of hydrogen-bond donors (Lipinski definition) is 0. The number of aldehydes is 1. The standard InChI is InChI=1S/C11H9ClN2O/c12-10-3-1-2-9(6-10)7-14-5-4-11(8-15)13-14/h1-6,8H,7H2. The zero-order valence-corrected chi connectivity index (χ0v) is 8.69. The molecular formula is C11H9ClN2O. The fraction of sp³-hybridized carbons (Fsp3) is 0.0909. The van der Waals surface area contributed by atoms with E-state index in [1.54, 1.807) is 16.9 Å². The van der Waals surface area contributed by atoms with E-state index < -0.39 is 0 Å². The molecular weight excluding hydrogens is 212 g/mol. The van der Waals surface area contributed by atoms with Gasteiger partial charge in [0.25, 0.3) is 0 Å². The normalized spacial score (nSPS) is 10.2. The first-order valence-electron chi connectivity index (χ1n) is 4.51. The molecule has 76 valence electrons. The molecule has 0 aliphatic carbocycles. The van der Waals surface area contributed by atoms with Crippen LogP contribution >= 0.6 is 11.6 Å². The van der Waals surface area contributed by atoms with Crippen molar-refractivity contribution in [2.45, 2.75) is 6.54 Å². The Hall–Kier alpha value is -1.61. The summed E-state index contributed by atoms with van der Waals surface area (Å²) < 4.78 is 1.70. The van der Waals surface area contributed by atoms with Crippen LogP contribution in [-0.4, -0.2) is 16.1 Å². The molecule has 0 aliphatic rings. The van der Waals surface area contributed by atoms with E-state index in [1.165, 1.54) is 0 Å². The summed E-state index contributed by atoms with van der Waals surface area (Å²) in [5.74, 6) is 0. The third-order valence-electron chi connectivity index (χ3n) is 2.02. The number of rotatable bonds is 3. The summed E-state index contributed by atoms with van der Waals surface area (Å²) in [6.07, 6.45) is 2.50. The molecule has 0 saturated carbocycles. The maximum absolute atomic E-state index is 10.4. The van der Waals surface area contributed by atoms with E-state index in [1.807, 2.05) is 24.3 Å². The molecule has 2 rings (SSSR count). The van der Waals surface area contributed by atoms with Crippen molar-refractivity contribution in [3.05, 3.63) is 52.8 Å². The Morgan fingerprint density at radius 3 is 2.93 bits per heavy atom. The molecule has 0 radical (unpaired) electrons. The average molecular weight is 221 g/mol. The molecule has 4 heteroatoms. The molecule has 2 aromatic rings. The maximum Gasteiger partial charge on any atom is 0.170 e. The van der Waals surface area contributed by atoms with E-state index in [-0.39, 0.29) is 0 Å². The van der Waals surface area contributed by atoms with Crippen LogP contribution in [0.4, 0.5) is 0 Å². The Morgan fingerprint density at radius 2 is 2.27 bits per heavy atom. The van der Waals surface area contributed by atoms with Gasteiger partial charge in [-0.25, -0.2) is 0 Å². The number of carbonyl (C=O) groups is 1. The minimum atomic E-state index is 0.442. The number of halogens is 1. The van der Waals surface area contributed by atoms with E-state index in [0.29, 0.717) is 17.3 Å². The van der Waals surface area contributed by atoms with Crippen LogP contribution in [0.15, 0.2) is 36.5 Å². The summed E-state index contributed by atoms with van der Waals surface area (Å²) in [5.41, 5.74) is 1.50. The quantitative estimate of drug-likeness (QED) is 0.745. The fourth-order valence-corrected chi connectivity index (χ4v) is 1.56. The Bertz CT molecular complexity index is 479. The van der Waals surface area contributed by atoms with Gasteiger partial charge in [0.05, 0.1) is 6.54 Å². The van der Waals surface area contributed by atoms with Crippen LogP contribution in [0.3, 0.4) is 0 Å². The Kier molecular flexibility index (Phi) is 2.83. The van der Waals surface area contributed by atoms with Crippen LogP contribution in [-0.2, 0) is 6.54 Å². The molecule has 0 N–H and O–H groups in total. The average Bonchev–Trinajstić information content (AvgIpc) is 2.65. The molecule has 1 aromatic carbocycles. The largest absolute Gasteiger partial charge is 0.296 e. The highest BCUT2D eigenvalue weighted by Crippen LogP contribution is 2.11. The van der Waals surface area contributed by atoms with Crippen molar-refractivity contribution in [1.29, 1.82) is 0 Å². The van der Waals surface area contributed by atoms with Crippen molar-refractivity contribution in [3.63, 3.8) is 0 Å². The number of aromatic nitrogens is 2. The summed E-state index contributed by atoms with van der Waals surface area (Å²) in [4.78, 5) is 10.4. The summed E-state index contributed by atoms with van der Waals surface area (Å²) in [6.45, 7) is 0.619. The molecule has 0 fully saturated rings. The van der Waals surface area contributed by atoms with E-state index in [0.717, 1.165) is 11.8 Å². The van der Waals surface area contributed by atoms with Crippen LogP contribution in [0, 0.1) is 0 Å². The summed E-state index contributed by atoms with van der Waals surface area (Å²) in [7, 11) is 0. The number of hydrogen-bond acceptors (Lipinski definition) is 2. The predicted octanol–water partition coefficient (Wildman–Crippen LogP) is 2.40. The smallest absolute Gasteiger partial charge is 0.170 e. The van der Waals surface area contributed by atoms with Crippen LogP contribution in [0.25, 0.3) is 0 Å². The fourth-order valence-electron chi connectivity index (χ4n) is 1.35. The predicted molar refractivity (Wildman–Crippen MR) is 58.2 cm³/mol. The van der Waals surface area contributed by atoms with Gasteiger partial charge in [-0.2, -0.15) is 5.10 Å². The van der Waals surface area contributed by atoms with Crippen LogP contribution in [0.1, 0.15) is 16.1 Å². The van der Waals surface area contributed by atoms with Gasteiger partial charge in [0.15, 0.2) is 6.29 Å². The summed E-state index contributed by atoms with van der Waals surface area (Å²) >= 11 is 5.86. The number of carbonyl (C=O) groups excluding carboxylic acids is 1. The van der Waals surface area contributed by atoms with Gasteiger partial charge >= 0.3 is 0 Å². The Morgan fingerprint density at radius 1 is 1.40 bits per heavy atom. The zero-order valence-electron chi connectivity index (χ0n) is 7.93. The highest BCUT2D eigenvalue weighted by atomic mass is 35.5. The van der Waals surface area contributed by atoms with E-state index in [4.69, 9.17) is 11.6 Å². The molecule has 0 aliphatic heterocycles. The first kappa shape index (κ1) is 9.93. The van der Waals surface area contributed by atoms with Crippen molar-refractivity contribution in [2.75, 3.05) is 0 Å². The molecule has 0 atom stereocenters. The highest BCUT2D eigenvalue weighted by molar-refractivity contribution is 6.30. The lowest BCUT2D eigenvalue weighted by molar-refractivity contribution is 0.111. The molecule has 15 heavy (non-hydrogen) atoms. The third kappa shape index (κ3) is 2.44. The molecule has 0 bridgehead atoms. The van der Waals surface area contributed by atoms with Crippen LogP contribution < -0.4 is 0 Å². The van der Waals surface area contributed by atoms with Gasteiger partial charge in [-0.3, -0.25) is 9.48 Å². The lowest BCUT2D eigenvalue weighted by Crippen LogP contribution is -2.00. The first-order chi connectivity index (χ1) is 7.28. The zero-order chi connectivity index (χ0) is 10.7. The second-order valence-corrected chi connectivity index (χ2v) is 3.62. The first-order valence-corrected chi connectivity index (χ1v) is 4.89. The molecule has 1 heterocycles. The molecule has 0 amide bonds. The monoisotopic (exact) mass is 220 g/mol. The molecule has 0 spiro atoms. The molecule has 1 aromatic heterocycles. The number of benzene rings is 1. The second-order valence-electron chi connectivity index (χ2n) is 3.19. The second kappa shape index (κ2) is 4.28. The van der Waals surface area contributed by atoms with Crippen molar-refractivity contribution in [1.82, 2.24) is 9.78 Å². The molecule has 0 unspecified atom stereocenters. The van der Waals surface area contributed by atoms with E-state index in [9.17, 15) is 4.79 Å². The van der Waals surface area contributed by atoms with Gasteiger partial charge in [0.2, 0.25) is 0 Å². The van der Waals surface area contributed by atoms with Gasteiger partial charge in [0, 0.05) is 11.2 Å². The van der Waals surface area contributed by atoms with Crippen LogP contribution in [0.5, 0.6) is 0 Å². The number of nitrogens with zero attached hydrogens (tertiary/aromatic N) is 2. The molecule has 3 nitrogen and oxygen atoms in total. The van der Waals surface area contributed by atoms with Gasteiger partial charge in [-0.1, -0.05) is 23.7 Å². The van der Waals surface area contributed by atoms with Gasteiger partial charge in [-0.05, 0) is 23.8 Å². The Labute approximate surface area is 92.3 Å². The lowest BCUT2D eigenvalue weighted by atomic mass is 10.2. The van der Waals surface area contributed by atoms with Crippen molar-refractivity contribution >= 4 is 17.9 Å². The minimum Gasteiger partial charge on any atom is -0.296 e. The molecule has 0 saturated heterocycles. The van der Waals surface area contributed by atoms with E-state index in [2.05, 4.69) is 5.10 Å². The van der Waals surface area contributed by atoms with E-state index >= 15 is 0 Å². The minimum absolute atomic E-state index is 0.442. The summed E-state index contributed by atoms with van der Waals surface area (Å²) in [6, 6.07) is 9.24. The lowest BCUT2D eigenvalue weighted by Gasteiger charge is -2.01. The topological polar surface area (TPSA) is 34.9 Å².